The second-order valence-corrected chi connectivity index (χ2v) is 17.9. The Morgan fingerprint density at radius 3 is 2.44 bits per heavy atom. The van der Waals surface area contributed by atoms with Crippen molar-refractivity contribution in [2.24, 2.45) is 11.8 Å². The van der Waals surface area contributed by atoms with Gasteiger partial charge in [0.25, 0.3) is 0 Å². The van der Waals surface area contributed by atoms with E-state index in [-0.39, 0.29) is 0 Å². The summed E-state index contributed by atoms with van der Waals surface area (Å²) in [6.07, 6.45) is 4.98. The molecular weight excluding hydrogens is 693 g/mol. The van der Waals surface area contributed by atoms with Gasteiger partial charge in [-0.2, -0.15) is 4.98 Å². The maximum absolute atomic E-state index is 13.4. The quantitative estimate of drug-likeness (QED) is 0.261. The molecule has 13 heteroatoms. The van der Waals surface area contributed by atoms with E-state index in [1.54, 1.807) is 26.6 Å². The third kappa shape index (κ3) is 6.73. The Morgan fingerprint density at radius 2 is 1.75 bits per heavy atom. The van der Waals surface area contributed by atoms with Crippen molar-refractivity contribution < 1.29 is 18.8 Å². The van der Waals surface area contributed by atoms with Gasteiger partial charge in [-0.3, -0.25) is 4.90 Å². The van der Waals surface area contributed by atoms with E-state index >= 15 is 0 Å². The number of fused-ring (bicyclic) bond motifs is 2. The lowest BCUT2D eigenvalue weighted by Crippen LogP contribution is -2.45. The number of hydrogen-bond acceptors (Lipinski definition) is 11. The molecule has 1 aromatic heterocycles. The van der Waals surface area contributed by atoms with Crippen LogP contribution < -0.4 is 35.0 Å². The minimum atomic E-state index is -2.75. The highest BCUT2D eigenvalue weighted by atomic mass is 79.9. The average molecular weight is 741 g/mol. The molecule has 3 saturated heterocycles. The molecule has 0 bridgehead atoms. The fourth-order valence-corrected chi connectivity index (χ4v) is 9.66. The van der Waals surface area contributed by atoms with E-state index in [4.69, 9.17) is 19.2 Å². The molecule has 0 radical (unpaired) electrons. The fourth-order valence-electron chi connectivity index (χ4n) is 7.99. The minimum Gasteiger partial charge on any atom is -0.494 e. The van der Waals surface area contributed by atoms with Gasteiger partial charge in [0.1, 0.15) is 31.9 Å². The molecular formula is C35H47BrN7O4P. The molecule has 0 aliphatic carbocycles. The van der Waals surface area contributed by atoms with E-state index in [0.29, 0.717) is 58.0 Å². The molecule has 0 amide bonds. The molecule has 4 aliphatic heterocycles. The summed E-state index contributed by atoms with van der Waals surface area (Å²) in [4.78, 5) is 17.2. The number of anilines is 5. The van der Waals surface area contributed by atoms with Crippen LogP contribution in [0, 0.1) is 11.8 Å². The Hall–Kier alpha value is -3.05. The summed E-state index contributed by atoms with van der Waals surface area (Å²) in [5, 5.41) is 7.38. The lowest BCUT2D eigenvalue weighted by Gasteiger charge is -2.39. The van der Waals surface area contributed by atoms with Crippen LogP contribution in [0.5, 0.6) is 17.2 Å². The third-order valence-corrected chi connectivity index (χ3v) is 12.4. The van der Waals surface area contributed by atoms with E-state index in [9.17, 15) is 4.57 Å². The van der Waals surface area contributed by atoms with Crippen molar-refractivity contribution in [3.8, 4) is 17.2 Å². The maximum atomic E-state index is 13.4. The molecule has 3 aromatic rings. The monoisotopic (exact) mass is 739 g/mol. The number of nitrogens with one attached hydrogen (secondary N) is 2. The molecule has 2 unspecified atom stereocenters. The van der Waals surface area contributed by atoms with Crippen LogP contribution in [0.4, 0.5) is 28.8 Å². The number of rotatable bonds is 9. The van der Waals surface area contributed by atoms with Crippen molar-refractivity contribution in [1.29, 1.82) is 0 Å². The van der Waals surface area contributed by atoms with Gasteiger partial charge in [0.05, 0.1) is 28.3 Å². The highest BCUT2D eigenvalue weighted by molar-refractivity contribution is 9.10. The predicted molar refractivity (Wildman–Crippen MR) is 196 cm³/mol. The van der Waals surface area contributed by atoms with Gasteiger partial charge in [0.15, 0.2) is 11.5 Å². The van der Waals surface area contributed by atoms with E-state index in [0.717, 1.165) is 42.8 Å². The summed E-state index contributed by atoms with van der Waals surface area (Å²) in [7, 11) is 1.21. The van der Waals surface area contributed by atoms with Crippen LogP contribution in [0.25, 0.3) is 0 Å². The molecule has 2 aromatic carbocycles. The van der Waals surface area contributed by atoms with E-state index < -0.39 is 7.14 Å². The number of methoxy groups -OCH3 is 1. The number of piperidine rings is 1. The summed E-state index contributed by atoms with van der Waals surface area (Å²) >= 11 is 3.59. The molecule has 5 heterocycles. The van der Waals surface area contributed by atoms with Crippen molar-refractivity contribution in [2.75, 3.05) is 95.5 Å². The number of halogens is 1. The SMILES string of the molecule is CCc1cc(Nc2ncc(Br)c(Nc3ccc4c(c3P(C)(C)=O)OCCO4)n2)c(OC)cc1N1CCC(N2CC3CN(C)CC3C2)CC1. The summed E-state index contributed by atoms with van der Waals surface area (Å²) in [5.41, 5.74) is 3.96. The van der Waals surface area contributed by atoms with Crippen LogP contribution >= 0.6 is 23.1 Å². The summed E-state index contributed by atoms with van der Waals surface area (Å²) in [6.45, 7) is 13.7. The Bertz CT molecular complexity index is 1700. The second kappa shape index (κ2) is 13.7. The fraction of sp³-hybridized carbons (Fsp3) is 0.543. The van der Waals surface area contributed by atoms with Gasteiger partial charge in [-0.25, -0.2) is 4.98 Å². The number of likely N-dealkylation sites (tertiary alicyclic amines) is 2. The number of hydrogen-bond donors (Lipinski definition) is 2. The van der Waals surface area contributed by atoms with Crippen LogP contribution in [-0.2, 0) is 11.0 Å². The number of benzene rings is 2. The lowest BCUT2D eigenvalue weighted by molar-refractivity contribution is 0.173. The predicted octanol–water partition coefficient (Wildman–Crippen LogP) is 5.78. The van der Waals surface area contributed by atoms with Crippen LogP contribution in [-0.4, -0.2) is 106 Å². The molecule has 3 fully saturated rings. The van der Waals surface area contributed by atoms with Crippen LogP contribution in [0.1, 0.15) is 25.3 Å². The number of aromatic nitrogens is 2. The maximum Gasteiger partial charge on any atom is 0.229 e. The van der Waals surface area contributed by atoms with Gasteiger partial charge in [-0.1, -0.05) is 6.92 Å². The Kier molecular flexibility index (Phi) is 9.54. The third-order valence-electron chi connectivity index (χ3n) is 10.3. The standard InChI is InChI=1S/C35H47BrN7O4P/c1-6-22-15-28(31(45-3)16-29(22)42-11-9-25(10-12-42)43-20-23-18-41(2)19-24(23)21-43)39-35-37-17-26(36)34(40-35)38-27-7-8-30-32(47-14-13-46-30)33(27)48(4,5)44/h7-8,15-17,23-25H,6,9-14,18-21H2,1-5H3,(H2,37,38,39,40). The summed E-state index contributed by atoms with van der Waals surface area (Å²) < 4.78 is 31.7. The molecule has 2 N–H and O–H groups in total. The number of ether oxygens (including phenoxy) is 3. The van der Waals surface area contributed by atoms with Crippen LogP contribution in [0.2, 0.25) is 0 Å². The van der Waals surface area contributed by atoms with Gasteiger partial charge >= 0.3 is 0 Å². The minimum absolute atomic E-state index is 0.408. The van der Waals surface area contributed by atoms with Crippen LogP contribution in [0.3, 0.4) is 0 Å². The van der Waals surface area contributed by atoms with Crippen molar-refractivity contribution in [3.63, 3.8) is 0 Å². The first kappa shape index (κ1) is 33.4. The molecule has 2 atom stereocenters. The van der Waals surface area contributed by atoms with Gasteiger partial charge in [-0.15, -0.1) is 0 Å². The van der Waals surface area contributed by atoms with Crippen molar-refractivity contribution in [3.05, 3.63) is 40.5 Å². The van der Waals surface area contributed by atoms with E-state index in [2.05, 4.69) is 72.4 Å². The Morgan fingerprint density at radius 1 is 1.02 bits per heavy atom. The highest BCUT2D eigenvalue weighted by Crippen LogP contribution is 2.47. The topological polar surface area (TPSA) is 104 Å². The number of nitrogens with zero attached hydrogens (tertiary/aromatic N) is 5. The first-order valence-corrected chi connectivity index (χ1v) is 20.4. The van der Waals surface area contributed by atoms with Crippen molar-refractivity contribution >= 4 is 57.2 Å². The molecule has 258 valence electrons. The zero-order valence-corrected chi connectivity index (χ0v) is 31.1. The zero-order valence-electron chi connectivity index (χ0n) is 28.6. The molecule has 48 heavy (non-hydrogen) atoms. The van der Waals surface area contributed by atoms with Gasteiger partial charge in [0.2, 0.25) is 5.95 Å². The largest absolute Gasteiger partial charge is 0.494 e. The van der Waals surface area contributed by atoms with Crippen molar-refractivity contribution in [1.82, 2.24) is 19.8 Å². The first-order valence-electron chi connectivity index (χ1n) is 17.0. The lowest BCUT2D eigenvalue weighted by atomic mass is 10.00. The second-order valence-electron chi connectivity index (χ2n) is 13.9. The zero-order chi connectivity index (χ0) is 33.6. The van der Waals surface area contributed by atoms with Gasteiger partial charge in [0, 0.05) is 63.3 Å². The van der Waals surface area contributed by atoms with E-state index in [1.165, 1.54) is 50.3 Å². The number of aryl methyl sites for hydroxylation is 1. The molecule has 0 spiro atoms. The van der Waals surface area contributed by atoms with Gasteiger partial charge in [-0.05, 0) is 91.2 Å². The molecule has 0 saturated carbocycles. The first-order chi connectivity index (χ1) is 23.1. The molecule has 11 nitrogen and oxygen atoms in total. The molecule has 7 rings (SSSR count). The normalized spacial score (nSPS) is 21.8. The average Bonchev–Trinajstić information content (AvgIpc) is 3.63. The summed E-state index contributed by atoms with van der Waals surface area (Å²) in [6, 6.07) is 8.71. The van der Waals surface area contributed by atoms with Crippen molar-refractivity contribution in [2.45, 2.75) is 32.2 Å². The highest BCUT2D eigenvalue weighted by Gasteiger charge is 2.41. The molecule has 4 aliphatic rings. The smallest absolute Gasteiger partial charge is 0.229 e. The van der Waals surface area contributed by atoms with E-state index in [1.807, 2.05) is 12.1 Å². The summed E-state index contributed by atoms with van der Waals surface area (Å²) in [5.74, 6) is 4.51. The Labute approximate surface area is 292 Å². The Balaban J connectivity index is 1.08. The van der Waals surface area contributed by atoms with Gasteiger partial charge < -0.3 is 39.2 Å². The van der Waals surface area contributed by atoms with Crippen LogP contribution in [0.15, 0.2) is 34.9 Å².